The molecule has 0 aromatic heterocycles. The molecule has 1 N–H and O–H groups in total. The minimum atomic E-state index is 0.0801. The van der Waals surface area contributed by atoms with Crippen LogP contribution in [0.5, 0.6) is 0 Å². The van der Waals surface area contributed by atoms with Crippen LogP contribution in [0.2, 0.25) is 0 Å². The highest BCUT2D eigenvalue weighted by Gasteiger charge is 2.13. The molecule has 0 fully saturated rings. The van der Waals surface area contributed by atoms with Crippen molar-refractivity contribution in [1.29, 1.82) is 0 Å². The molecule has 1 aromatic rings. The Labute approximate surface area is 91.7 Å². The molecule has 1 rings (SSSR count). The van der Waals surface area contributed by atoms with Gasteiger partial charge in [0.15, 0.2) is 0 Å². The maximum Gasteiger partial charge on any atom is 0.207 e. The van der Waals surface area contributed by atoms with Gasteiger partial charge in [-0.3, -0.25) is 4.79 Å². The van der Waals surface area contributed by atoms with Crippen LogP contribution in [0.4, 0.5) is 0 Å². The van der Waals surface area contributed by atoms with Gasteiger partial charge in [-0.1, -0.05) is 45.0 Å². The quantitative estimate of drug-likeness (QED) is 0.755. The van der Waals surface area contributed by atoms with E-state index in [9.17, 15) is 4.79 Å². The lowest BCUT2D eigenvalue weighted by atomic mass is 9.86. The molecule has 2 nitrogen and oxygen atoms in total. The fourth-order valence-electron chi connectivity index (χ4n) is 1.47. The molecule has 82 valence electrons. The zero-order valence-electron chi connectivity index (χ0n) is 9.87. The summed E-state index contributed by atoms with van der Waals surface area (Å²) in [5.74, 6) is 0. The zero-order valence-corrected chi connectivity index (χ0v) is 9.87. The van der Waals surface area contributed by atoms with Crippen molar-refractivity contribution in [1.82, 2.24) is 5.32 Å². The van der Waals surface area contributed by atoms with E-state index in [1.165, 1.54) is 5.56 Å². The number of benzene rings is 1. The van der Waals surface area contributed by atoms with Crippen molar-refractivity contribution in [2.24, 2.45) is 0 Å². The van der Waals surface area contributed by atoms with Gasteiger partial charge in [-0.25, -0.2) is 0 Å². The van der Waals surface area contributed by atoms with Crippen molar-refractivity contribution >= 4 is 6.41 Å². The minimum absolute atomic E-state index is 0.0801. The Balaban J connectivity index is 2.85. The number of hydrogen-bond acceptors (Lipinski definition) is 1. The van der Waals surface area contributed by atoms with Gasteiger partial charge in [-0.15, -0.1) is 0 Å². The first-order chi connectivity index (χ1) is 6.95. The summed E-state index contributed by atoms with van der Waals surface area (Å²) < 4.78 is 0. The highest BCUT2D eigenvalue weighted by Crippen LogP contribution is 2.23. The van der Waals surface area contributed by atoms with E-state index < -0.39 is 0 Å². The SMILES string of the molecule is C[C@H](NC=O)c1ccc(C(C)(C)C)cc1. The molecule has 0 bridgehead atoms. The van der Waals surface area contributed by atoms with Gasteiger partial charge in [0.25, 0.3) is 0 Å². The van der Waals surface area contributed by atoms with Crippen LogP contribution >= 0.6 is 0 Å². The Morgan fingerprint density at radius 3 is 2.13 bits per heavy atom. The normalized spacial score (nSPS) is 13.3. The molecule has 1 atom stereocenters. The number of hydrogen-bond donors (Lipinski definition) is 1. The zero-order chi connectivity index (χ0) is 11.5. The molecule has 0 heterocycles. The molecule has 15 heavy (non-hydrogen) atoms. The van der Waals surface area contributed by atoms with Crippen molar-refractivity contribution in [3.05, 3.63) is 35.4 Å². The van der Waals surface area contributed by atoms with Crippen LogP contribution < -0.4 is 5.32 Å². The lowest BCUT2D eigenvalue weighted by molar-refractivity contribution is -0.110. The second-order valence-electron chi connectivity index (χ2n) is 4.88. The first-order valence-electron chi connectivity index (χ1n) is 5.25. The summed E-state index contributed by atoms with van der Waals surface area (Å²) in [4.78, 5) is 10.3. The highest BCUT2D eigenvalue weighted by molar-refractivity contribution is 5.47. The van der Waals surface area contributed by atoms with Crippen molar-refractivity contribution in [2.45, 2.75) is 39.2 Å². The molecule has 0 radical (unpaired) electrons. The summed E-state index contributed by atoms with van der Waals surface area (Å²) in [6.07, 6.45) is 0.738. The third kappa shape index (κ3) is 3.08. The van der Waals surface area contributed by atoms with Gasteiger partial charge >= 0.3 is 0 Å². The maximum atomic E-state index is 10.3. The van der Waals surface area contributed by atoms with Crippen LogP contribution in [0.3, 0.4) is 0 Å². The van der Waals surface area contributed by atoms with E-state index in [4.69, 9.17) is 0 Å². The number of nitrogens with one attached hydrogen (secondary N) is 1. The van der Waals surface area contributed by atoms with Crippen molar-refractivity contribution in [3.63, 3.8) is 0 Å². The smallest absolute Gasteiger partial charge is 0.207 e. The predicted molar refractivity (Wildman–Crippen MR) is 62.8 cm³/mol. The lowest BCUT2D eigenvalue weighted by Gasteiger charge is -2.20. The highest BCUT2D eigenvalue weighted by atomic mass is 16.1. The van der Waals surface area contributed by atoms with E-state index in [0.29, 0.717) is 0 Å². The number of carbonyl (C=O) groups excluding carboxylic acids is 1. The van der Waals surface area contributed by atoms with Gasteiger partial charge in [0.2, 0.25) is 6.41 Å². The number of amides is 1. The second-order valence-corrected chi connectivity index (χ2v) is 4.88. The maximum absolute atomic E-state index is 10.3. The summed E-state index contributed by atoms with van der Waals surface area (Å²) in [7, 11) is 0. The van der Waals surface area contributed by atoms with E-state index in [1.807, 2.05) is 6.92 Å². The van der Waals surface area contributed by atoms with E-state index in [0.717, 1.165) is 12.0 Å². The molecule has 0 saturated carbocycles. The molecule has 0 spiro atoms. The van der Waals surface area contributed by atoms with E-state index in [1.54, 1.807) is 0 Å². The van der Waals surface area contributed by atoms with E-state index >= 15 is 0 Å². The van der Waals surface area contributed by atoms with Gasteiger partial charge in [0.1, 0.15) is 0 Å². The molecule has 0 saturated heterocycles. The average Bonchev–Trinajstić information content (AvgIpc) is 2.17. The van der Waals surface area contributed by atoms with Crippen LogP contribution in [-0.2, 0) is 10.2 Å². The molecule has 1 amide bonds. The van der Waals surface area contributed by atoms with Gasteiger partial charge in [0.05, 0.1) is 6.04 Å². The third-order valence-corrected chi connectivity index (χ3v) is 2.59. The largest absolute Gasteiger partial charge is 0.352 e. The van der Waals surface area contributed by atoms with E-state index in [-0.39, 0.29) is 11.5 Å². The van der Waals surface area contributed by atoms with Crippen molar-refractivity contribution in [2.75, 3.05) is 0 Å². The van der Waals surface area contributed by atoms with Gasteiger partial charge in [-0.05, 0) is 23.5 Å². The van der Waals surface area contributed by atoms with Crippen LogP contribution in [-0.4, -0.2) is 6.41 Å². The topological polar surface area (TPSA) is 29.1 Å². The molecule has 0 aliphatic heterocycles. The summed E-state index contributed by atoms with van der Waals surface area (Å²) in [5.41, 5.74) is 2.62. The van der Waals surface area contributed by atoms with Crippen LogP contribution in [0.25, 0.3) is 0 Å². The lowest BCUT2D eigenvalue weighted by Crippen LogP contribution is -2.16. The predicted octanol–water partition coefficient (Wildman–Crippen LogP) is 2.79. The summed E-state index contributed by atoms with van der Waals surface area (Å²) >= 11 is 0. The van der Waals surface area contributed by atoms with Gasteiger partial charge in [0, 0.05) is 0 Å². The van der Waals surface area contributed by atoms with Crippen LogP contribution in [0, 0.1) is 0 Å². The van der Waals surface area contributed by atoms with E-state index in [2.05, 4.69) is 50.4 Å². The van der Waals surface area contributed by atoms with Crippen LogP contribution in [0.15, 0.2) is 24.3 Å². The average molecular weight is 205 g/mol. The Morgan fingerprint density at radius 2 is 1.73 bits per heavy atom. The molecule has 2 heteroatoms. The minimum Gasteiger partial charge on any atom is -0.352 e. The fourth-order valence-corrected chi connectivity index (χ4v) is 1.47. The Kier molecular flexibility index (Phi) is 3.51. The fraction of sp³-hybridized carbons (Fsp3) is 0.462. The van der Waals surface area contributed by atoms with Gasteiger partial charge in [-0.2, -0.15) is 0 Å². The third-order valence-electron chi connectivity index (χ3n) is 2.59. The summed E-state index contributed by atoms with van der Waals surface area (Å²) in [6.45, 7) is 8.54. The Morgan fingerprint density at radius 1 is 1.20 bits per heavy atom. The van der Waals surface area contributed by atoms with Crippen molar-refractivity contribution < 1.29 is 4.79 Å². The van der Waals surface area contributed by atoms with Gasteiger partial charge < -0.3 is 5.32 Å². The molecule has 0 aliphatic rings. The number of rotatable bonds is 3. The standard InChI is InChI=1S/C13H19NO/c1-10(14-9-15)11-5-7-12(8-6-11)13(2,3)4/h5-10H,1-4H3,(H,14,15)/t10-/m0/s1. The van der Waals surface area contributed by atoms with Crippen LogP contribution in [0.1, 0.15) is 44.9 Å². The molecule has 0 aliphatic carbocycles. The first-order valence-corrected chi connectivity index (χ1v) is 5.25. The molecule has 1 aromatic carbocycles. The molecule has 0 unspecified atom stereocenters. The van der Waals surface area contributed by atoms with Crippen molar-refractivity contribution in [3.8, 4) is 0 Å². The Hall–Kier alpha value is -1.31. The number of carbonyl (C=O) groups is 1. The first kappa shape index (κ1) is 11.8. The molecular formula is C13H19NO. The summed E-state index contributed by atoms with van der Waals surface area (Å²) in [6, 6.07) is 8.47. The second kappa shape index (κ2) is 4.47. The Bertz CT molecular complexity index is 321. The molecular weight excluding hydrogens is 186 g/mol. The monoisotopic (exact) mass is 205 g/mol. The summed E-state index contributed by atoms with van der Waals surface area (Å²) in [5, 5.41) is 2.74.